The zero-order valence-corrected chi connectivity index (χ0v) is 8.49. The molecule has 16 heavy (non-hydrogen) atoms. The van der Waals surface area contributed by atoms with Crippen molar-refractivity contribution in [2.24, 2.45) is 0 Å². The molecule has 0 aromatic carbocycles. The van der Waals surface area contributed by atoms with Crippen molar-refractivity contribution >= 4 is 17.5 Å². The van der Waals surface area contributed by atoms with Gasteiger partial charge in [-0.3, -0.25) is 9.69 Å². The van der Waals surface area contributed by atoms with E-state index in [-0.39, 0.29) is 11.5 Å². The Morgan fingerprint density at radius 2 is 2.25 bits per heavy atom. The molecule has 0 aliphatic rings. The van der Waals surface area contributed by atoms with Crippen molar-refractivity contribution in [1.82, 2.24) is 15.3 Å². The van der Waals surface area contributed by atoms with Gasteiger partial charge < -0.3 is 5.73 Å². The van der Waals surface area contributed by atoms with E-state index in [0.717, 1.165) is 0 Å². The van der Waals surface area contributed by atoms with Gasteiger partial charge in [-0.15, -0.1) is 0 Å². The predicted molar refractivity (Wildman–Crippen MR) is 55.7 cm³/mol. The third-order valence-corrected chi connectivity index (χ3v) is 2.01. The summed E-state index contributed by atoms with van der Waals surface area (Å²) >= 11 is 0. The second kappa shape index (κ2) is 3.97. The second-order valence-electron chi connectivity index (χ2n) is 3.05. The molecule has 0 atom stereocenters. The highest BCUT2D eigenvalue weighted by molar-refractivity contribution is 6.06. The molecule has 2 rings (SSSR count). The Hall–Kier alpha value is -2.44. The van der Waals surface area contributed by atoms with Crippen molar-refractivity contribution in [3.05, 3.63) is 30.1 Å². The minimum Gasteiger partial charge on any atom is -0.379 e. The Balaban J connectivity index is 2.27. The van der Waals surface area contributed by atoms with Gasteiger partial charge in [-0.05, 0) is 22.4 Å². The number of hydrogen-bond acceptors (Lipinski definition) is 6. The van der Waals surface area contributed by atoms with Crippen LogP contribution in [0, 0.1) is 0 Å². The number of carbonyl (C=O) groups is 1. The molecule has 7 nitrogen and oxygen atoms in total. The molecular formula is C9H9N5O2. The van der Waals surface area contributed by atoms with Crippen LogP contribution in [0.1, 0.15) is 10.5 Å². The van der Waals surface area contributed by atoms with E-state index in [0.29, 0.717) is 5.82 Å². The lowest BCUT2D eigenvalue weighted by Gasteiger charge is -2.13. The van der Waals surface area contributed by atoms with Gasteiger partial charge >= 0.3 is 0 Å². The lowest BCUT2D eigenvalue weighted by atomic mass is 10.3. The maximum atomic E-state index is 11.9. The van der Waals surface area contributed by atoms with Crippen LogP contribution >= 0.6 is 0 Å². The van der Waals surface area contributed by atoms with Crippen LogP contribution in [-0.2, 0) is 0 Å². The number of pyridine rings is 1. The number of anilines is 2. The molecule has 2 aromatic rings. The first-order valence-corrected chi connectivity index (χ1v) is 4.47. The topological polar surface area (TPSA) is 98.1 Å². The quantitative estimate of drug-likeness (QED) is 0.781. The molecule has 0 saturated carbocycles. The summed E-state index contributed by atoms with van der Waals surface area (Å²) in [5.41, 5.74) is 5.40. The standard InChI is InChI=1S/C9H9N5O2/c1-14(6-4-2-3-5-11-6)9(15)7-8(10)13-16-12-7/h2-5H,1H3,(H2,10,13). The van der Waals surface area contributed by atoms with E-state index < -0.39 is 5.91 Å². The SMILES string of the molecule is CN(C(=O)c1nonc1N)c1ccccn1. The zero-order valence-electron chi connectivity index (χ0n) is 8.49. The molecule has 0 unspecified atom stereocenters. The van der Waals surface area contributed by atoms with Crippen molar-refractivity contribution in [3.8, 4) is 0 Å². The van der Waals surface area contributed by atoms with Gasteiger partial charge in [-0.25, -0.2) is 9.61 Å². The van der Waals surface area contributed by atoms with Crippen LogP contribution in [0.25, 0.3) is 0 Å². The normalized spacial score (nSPS) is 10.1. The van der Waals surface area contributed by atoms with Gasteiger partial charge in [-0.1, -0.05) is 6.07 Å². The molecule has 0 bridgehead atoms. The molecule has 0 aliphatic carbocycles. The predicted octanol–water partition coefficient (Wildman–Crippen LogP) is 0.323. The molecule has 82 valence electrons. The Bertz CT molecular complexity index is 496. The fourth-order valence-corrected chi connectivity index (χ4v) is 1.16. The maximum absolute atomic E-state index is 11.9. The van der Waals surface area contributed by atoms with Gasteiger partial charge in [0.05, 0.1) is 0 Å². The summed E-state index contributed by atoms with van der Waals surface area (Å²) in [6, 6.07) is 5.23. The zero-order chi connectivity index (χ0) is 11.5. The van der Waals surface area contributed by atoms with E-state index >= 15 is 0 Å². The maximum Gasteiger partial charge on any atom is 0.285 e. The van der Waals surface area contributed by atoms with E-state index in [4.69, 9.17) is 5.73 Å². The lowest BCUT2D eigenvalue weighted by Crippen LogP contribution is -2.28. The highest BCUT2D eigenvalue weighted by Crippen LogP contribution is 2.13. The van der Waals surface area contributed by atoms with Crippen LogP contribution in [0.15, 0.2) is 29.0 Å². The van der Waals surface area contributed by atoms with Crippen molar-refractivity contribution in [2.45, 2.75) is 0 Å². The Labute approximate surface area is 90.8 Å². The molecule has 7 heteroatoms. The molecule has 1 amide bonds. The van der Waals surface area contributed by atoms with Gasteiger partial charge in [0.1, 0.15) is 5.82 Å². The summed E-state index contributed by atoms with van der Waals surface area (Å²) < 4.78 is 4.36. The number of aromatic nitrogens is 3. The first-order chi connectivity index (χ1) is 7.70. The van der Waals surface area contributed by atoms with Crippen LogP contribution in [0.5, 0.6) is 0 Å². The summed E-state index contributed by atoms with van der Waals surface area (Å²) in [6.45, 7) is 0. The molecule has 0 aliphatic heterocycles. The summed E-state index contributed by atoms with van der Waals surface area (Å²) in [4.78, 5) is 17.2. The van der Waals surface area contributed by atoms with Crippen molar-refractivity contribution in [2.75, 3.05) is 17.7 Å². The summed E-state index contributed by atoms with van der Waals surface area (Å²) in [6.07, 6.45) is 1.59. The summed E-state index contributed by atoms with van der Waals surface area (Å²) in [5, 5.41) is 6.77. The molecule has 0 saturated heterocycles. The first kappa shape index (κ1) is 10.1. The van der Waals surface area contributed by atoms with Gasteiger partial charge in [0.25, 0.3) is 5.91 Å². The number of rotatable bonds is 2. The molecule has 2 heterocycles. The van der Waals surface area contributed by atoms with Crippen molar-refractivity contribution in [1.29, 1.82) is 0 Å². The van der Waals surface area contributed by atoms with E-state index in [1.165, 1.54) is 4.90 Å². The number of carbonyl (C=O) groups excluding carboxylic acids is 1. The third-order valence-electron chi connectivity index (χ3n) is 2.01. The molecule has 0 fully saturated rings. The first-order valence-electron chi connectivity index (χ1n) is 4.47. The largest absolute Gasteiger partial charge is 0.379 e. The fraction of sp³-hybridized carbons (Fsp3) is 0.111. The minimum absolute atomic E-state index is 0.0202. The molecule has 2 aromatic heterocycles. The monoisotopic (exact) mass is 219 g/mol. The van der Waals surface area contributed by atoms with Gasteiger partial charge in [0.2, 0.25) is 11.5 Å². The van der Waals surface area contributed by atoms with Gasteiger partial charge in [0.15, 0.2) is 0 Å². The van der Waals surface area contributed by atoms with Crippen LogP contribution < -0.4 is 10.6 Å². The van der Waals surface area contributed by atoms with Crippen LogP contribution in [-0.4, -0.2) is 28.3 Å². The highest BCUT2D eigenvalue weighted by atomic mass is 16.6. The molecule has 0 radical (unpaired) electrons. The lowest BCUT2D eigenvalue weighted by molar-refractivity contribution is 0.0983. The van der Waals surface area contributed by atoms with E-state index in [9.17, 15) is 4.79 Å². The number of nitrogen functional groups attached to an aromatic ring is 1. The smallest absolute Gasteiger partial charge is 0.285 e. The highest BCUT2D eigenvalue weighted by Gasteiger charge is 2.21. The molecular weight excluding hydrogens is 210 g/mol. The minimum atomic E-state index is -0.419. The summed E-state index contributed by atoms with van der Waals surface area (Å²) in [7, 11) is 1.57. The third kappa shape index (κ3) is 1.70. The fourth-order valence-electron chi connectivity index (χ4n) is 1.16. The average molecular weight is 219 g/mol. The van der Waals surface area contributed by atoms with Crippen molar-refractivity contribution < 1.29 is 9.42 Å². The van der Waals surface area contributed by atoms with Crippen LogP contribution in [0.3, 0.4) is 0 Å². The van der Waals surface area contributed by atoms with Crippen LogP contribution in [0.2, 0.25) is 0 Å². The number of nitrogens with zero attached hydrogens (tertiary/aromatic N) is 4. The van der Waals surface area contributed by atoms with E-state index in [2.05, 4.69) is 19.9 Å². The summed E-state index contributed by atoms with van der Waals surface area (Å²) in [5.74, 6) is 0.0418. The average Bonchev–Trinajstić information content (AvgIpc) is 2.75. The van der Waals surface area contributed by atoms with Gasteiger partial charge in [-0.2, -0.15) is 0 Å². The second-order valence-corrected chi connectivity index (χ2v) is 3.05. The Kier molecular flexibility index (Phi) is 2.50. The van der Waals surface area contributed by atoms with Crippen molar-refractivity contribution in [3.63, 3.8) is 0 Å². The van der Waals surface area contributed by atoms with E-state index in [1.807, 2.05) is 0 Å². The van der Waals surface area contributed by atoms with Crippen LogP contribution in [0.4, 0.5) is 11.6 Å². The number of nitrogens with two attached hydrogens (primary N) is 1. The Morgan fingerprint density at radius 1 is 1.44 bits per heavy atom. The molecule has 0 spiro atoms. The van der Waals surface area contributed by atoms with E-state index in [1.54, 1.807) is 31.4 Å². The van der Waals surface area contributed by atoms with Gasteiger partial charge in [0, 0.05) is 13.2 Å². The molecule has 2 N–H and O–H groups in total. The number of hydrogen-bond donors (Lipinski definition) is 1. The number of amides is 1. The Morgan fingerprint density at radius 3 is 2.81 bits per heavy atom.